The minimum atomic E-state index is -1.62. The molecule has 0 bridgehead atoms. The van der Waals surface area contributed by atoms with Gasteiger partial charge in [0.1, 0.15) is 11.6 Å². The quantitative estimate of drug-likeness (QED) is 0.574. The number of carbonyl (C=O) groups excluding carboxylic acids is 1. The molecule has 2 atom stereocenters. The molecule has 1 aromatic carbocycles. The number of nitrogens with zero attached hydrogens (tertiary/aromatic N) is 2. The zero-order valence-electron chi connectivity index (χ0n) is 13.0. The van der Waals surface area contributed by atoms with Gasteiger partial charge in [-0.1, -0.05) is 12.1 Å². The van der Waals surface area contributed by atoms with E-state index >= 15 is 0 Å². The van der Waals surface area contributed by atoms with E-state index in [1.165, 1.54) is 28.9 Å². The van der Waals surface area contributed by atoms with Gasteiger partial charge in [-0.3, -0.25) is 29.5 Å². The van der Waals surface area contributed by atoms with Crippen LogP contribution in [0.3, 0.4) is 0 Å². The average Bonchev–Trinajstić information content (AvgIpc) is 2.83. The highest BCUT2D eigenvalue weighted by atomic mass is 16.6. The molecule has 0 spiro atoms. The Bertz CT molecular complexity index is 865. The molecule has 0 radical (unpaired) electrons. The standard InChI is InChI=1S/C15H16N4O5/c1-7(2)18-13-11(14(21)17-18)10(8-3-5-9(20)6-4-8)12(19(23)24)15(22)16-13/h3-7,10,12,20H,1-2H3,(H,16,22)(H,17,21). The van der Waals surface area contributed by atoms with Crippen LogP contribution in [0.1, 0.15) is 36.9 Å². The molecule has 9 heteroatoms. The smallest absolute Gasteiger partial charge is 0.301 e. The highest BCUT2D eigenvalue weighted by Gasteiger charge is 2.48. The van der Waals surface area contributed by atoms with Crippen molar-refractivity contribution >= 4 is 11.7 Å². The first-order chi connectivity index (χ1) is 11.3. The van der Waals surface area contributed by atoms with Gasteiger partial charge in [-0.2, -0.15) is 0 Å². The molecule has 0 saturated carbocycles. The summed E-state index contributed by atoms with van der Waals surface area (Å²) in [5.74, 6) is -1.58. The van der Waals surface area contributed by atoms with Crippen LogP contribution in [-0.2, 0) is 4.79 Å². The van der Waals surface area contributed by atoms with Crippen LogP contribution in [0.5, 0.6) is 5.75 Å². The number of nitro groups is 1. The van der Waals surface area contributed by atoms with E-state index in [-0.39, 0.29) is 23.2 Å². The number of amides is 1. The van der Waals surface area contributed by atoms with Crippen molar-refractivity contribution in [2.75, 3.05) is 5.32 Å². The number of hydrogen-bond donors (Lipinski definition) is 3. The molecule has 2 aromatic rings. The van der Waals surface area contributed by atoms with Crippen molar-refractivity contribution < 1.29 is 14.8 Å². The lowest BCUT2D eigenvalue weighted by Gasteiger charge is -2.26. The number of rotatable bonds is 3. The molecule has 0 fully saturated rings. The van der Waals surface area contributed by atoms with Crippen molar-refractivity contribution in [1.29, 1.82) is 0 Å². The maximum Gasteiger partial charge on any atom is 0.301 e. The van der Waals surface area contributed by atoms with E-state index in [0.717, 1.165) is 0 Å². The van der Waals surface area contributed by atoms with Crippen LogP contribution in [0.15, 0.2) is 29.1 Å². The fourth-order valence-corrected chi connectivity index (χ4v) is 3.01. The summed E-state index contributed by atoms with van der Waals surface area (Å²) in [5.41, 5.74) is 0.0805. The minimum absolute atomic E-state index is 0.00875. The van der Waals surface area contributed by atoms with E-state index in [0.29, 0.717) is 5.56 Å². The van der Waals surface area contributed by atoms with Gasteiger partial charge < -0.3 is 10.4 Å². The molecule has 2 unspecified atom stereocenters. The summed E-state index contributed by atoms with van der Waals surface area (Å²) < 4.78 is 1.49. The fraction of sp³-hybridized carbons (Fsp3) is 0.333. The van der Waals surface area contributed by atoms with Gasteiger partial charge in [-0.15, -0.1) is 0 Å². The second kappa shape index (κ2) is 5.52. The molecule has 24 heavy (non-hydrogen) atoms. The molecular weight excluding hydrogens is 316 g/mol. The first kappa shape index (κ1) is 15.8. The number of phenolic OH excluding ortho intramolecular Hbond substituents is 1. The van der Waals surface area contributed by atoms with E-state index in [1.54, 1.807) is 0 Å². The third-order valence-corrected chi connectivity index (χ3v) is 4.10. The number of aromatic nitrogens is 2. The SMILES string of the molecule is CC(C)n1[nH]c(=O)c2c1NC(=O)C([N+](=O)[O-])C2c1ccc(O)cc1. The van der Waals surface area contributed by atoms with Gasteiger partial charge in [-0.05, 0) is 31.5 Å². The van der Waals surface area contributed by atoms with Crippen LogP contribution >= 0.6 is 0 Å². The second-order valence-corrected chi connectivity index (χ2v) is 5.96. The lowest BCUT2D eigenvalue weighted by molar-refractivity contribution is -0.509. The summed E-state index contributed by atoms with van der Waals surface area (Å²) in [6.07, 6.45) is 0. The van der Waals surface area contributed by atoms with Crippen molar-refractivity contribution in [1.82, 2.24) is 9.78 Å². The lowest BCUT2D eigenvalue weighted by atomic mass is 9.83. The van der Waals surface area contributed by atoms with Crippen molar-refractivity contribution in [3.8, 4) is 5.75 Å². The van der Waals surface area contributed by atoms with Crippen LogP contribution in [0.2, 0.25) is 0 Å². The Morgan fingerprint density at radius 3 is 2.42 bits per heavy atom. The largest absolute Gasteiger partial charge is 0.508 e. The van der Waals surface area contributed by atoms with Gasteiger partial charge in [0.05, 0.1) is 11.5 Å². The summed E-state index contributed by atoms with van der Waals surface area (Å²) in [7, 11) is 0. The molecule has 1 aliphatic rings. The van der Waals surface area contributed by atoms with E-state index < -0.39 is 28.3 Å². The van der Waals surface area contributed by atoms with Gasteiger partial charge in [0, 0.05) is 11.0 Å². The monoisotopic (exact) mass is 332 g/mol. The van der Waals surface area contributed by atoms with Crippen molar-refractivity contribution in [2.24, 2.45) is 0 Å². The predicted octanol–water partition coefficient (Wildman–Crippen LogP) is 1.19. The Labute approximate surface area is 136 Å². The average molecular weight is 332 g/mol. The summed E-state index contributed by atoms with van der Waals surface area (Å²) >= 11 is 0. The van der Waals surface area contributed by atoms with E-state index in [1.807, 2.05) is 13.8 Å². The number of phenols is 1. The molecule has 2 heterocycles. The Balaban J connectivity index is 2.27. The third-order valence-electron chi connectivity index (χ3n) is 4.10. The van der Waals surface area contributed by atoms with E-state index in [4.69, 9.17) is 0 Å². The minimum Gasteiger partial charge on any atom is -0.508 e. The Morgan fingerprint density at radius 1 is 1.25 bits per heavy atom. The molecule has 1 aliphatic heterocycles. The zero-order chi connectivity index (χ0) is 17.6. The van der Waals surface area contributed by atoms with Crippen molar-refractivity contribution in [3.05, 3.63) is 55.9 Å². The summed E-state index contributed by atoms with van der Waals surface area (Å²) in [6.45, 7) is 3.63. The van der Waals surface area contributed by atoms with Crippen molar-refractivity contribution in [3.63, 3.8) is 0 Å². The Hall–Kier alpha value is -3.10. The molecule has 1 aromatic heterocycles. The zero-order valence-corrected chi connectivity index (χ0v) is 13.0. The second-order valence-electron chi connectivity index (χ2n) is 5.96. The molecular formula is C15H16N4O5. The Morgan fingerprint density at radius 2 is 1.88 bits per heavy atom. The highest BCUT2D eigenvalue weighted by molar-refractivity contribution is 5.97. The maximum atomic E-state index is 12.4. The number of carbonyl (C=O) groups is 1. The van der Waals surface area contributed by atoms with Crippen molar-refractivity contribution in [2.45, 2.75) is 31.8 Å². The van der Waals surface area contributed by atoms with Crippen LogP contribution in [-0.4, -0.2) is 31.8 Å². The molecule has 3 rings (SSSR count). The van der Waals surface area contributed by atoms with Gasteiger partial charge in [0.15, 0.2) is 0 Å². The number of aromatic hydroxyl groups is 1. The van der Waals surface area contributed by atoms with E-state index in [2.05, 4.69) is 10.4 Å². The Kier molecular flexibility index (Phi) is 3.63. The topological polar surface area (TPSA) is 130 Å². The van der Waals surface area contributed by atoms with Crippen LogP contribution < -0.4 is 10.9 Å². The van der Waals surface area contributed by atoms with Crippen LogP contribution in [0.25, 0.3) is 0 Å². The van der Waals surface area contributed by atoms with Crippen LogP contribution in [0, 0.1) is 10.1 Å². The number of H-pyrrole nitrogens is 1. The van der Waals surface area contributed by atoms with Gasteiger partial charge in [0.2, 0.25) is 0 Å². The molecule has 0 aliphatic carbocycles. The molecule has 3 N–H and O–H groups in total. The normalized spacial score (nSPS) is 19.9. The summed E-state index contributed by atoms with van der Waals surface area (Å²) in [6, 6.07) is 3.93. The number of fused-ring (bicyclic) bond motifs is 1. The molecule has 9 nitrogen and oxygen atoms in total. The van der Waals surface area contributed by atoms with Gasteiger partial charge >= 0.3 is 11.9 Å². The molecule has 126 valence electrons. The summed E-state index contributed by atoms with van der Waals surface area (Å²) in [4.78, 5) is 35.5. The van der Waals surface area contributed by atoms with E-state index in [9.17, 15) is 24.8 Å². The highest BCUT2D eigenvalue weighted by Crippen LogP contribution is 2.37. The molecule has 1 amide bonds. The first-order valence-corrected chi connectivity index (χ1v) is 7.39. The molecule has 0 saturated heterocycles. The number of benzene rings is 1. The van der Waals surface area contributed by atoms with Gasteiger partial charge in [0.25, 0.3) is 5.56 Å². The fourth-order valence-electron chi connectivity index (χ4n) is 3.01. The third kappa shape index (κ3) is 2.34. The maximum absolute atomic E-state index is 12.4. The van der Waals surface area contributed by atoms with Crippen LogP contribution in [0.4, 0.5) is 5.82 Å². The number of nitrogens with one attached hydrogen (secondary N) is 2. The first-order valence-electron chi connectivity index (χ1n) is 7.39. The predicted molar refractivity (Wildman–Crippen MR) is 84.8 cm³/mol. The summed E-state index contributed by atoms with van der Waals surface area (Å²) in [5, 5.41) is 26.0. The van der Waals surface area contributed by atoms with Gasteiger partial charge in [-0.25, -0.2) is 0 Å². The number of aromatic amines is 1. The number of anilines is 1. The number of hydrogen-bond acceptors (Lipinski definition) is 5. The lowest BCUT2D eigenvalue weighted by Crippen LogP contribution is -2.45.